The van der Waals surface area contributed by atoms with Gasteiger partial charge in [0.2, 0.25) is 0 Å². The molecule has 1 aliphatic rings. The van der Waals surface area contributed by atoms with Crippen LogP contribution in [-0.2, 0) is 0 Å². The number of aromatic hydroxyl groups is 1. The molecular formula is C12H17N3O3. The second kappa shape index (κ2) is 5.22. The number of phenols is 1. The van der Waals surface area contributed by atoms with Crippen molar-refractivity contribution in [2.24, 2.45) is 0 Å². The fourth-order valence-corrected chi connectivity index (χ4v) is 2.31. The summed E-state index contributed by atoms with van der Waals surface area (Å²) in [4.78, 5) is 12.2. The first-order valence-corrected chi connectivity index (χ1v) is 6.08. The molecule has 1 aliphatic heterocycles. The quantitative estimate of drug-likeness (QED) is 0.628. The minimum Gasteiger partial charge on any atom is -0.506 e. The van der Waals surface area contributed by atoms with Gasteiger partial charge in [0.05, 0.1) is 16.7 Å². The van der Waals surface area contributed by atoms with E-state index in [2.05, 4.69) is 17.1 Å². The number of non-ortho nitro benzene ring substituents is 1. The number of hydrogen-bond acceptors (Lipinski definition) is 5. The highest BCUT2D eigenvalue weighted by molar-refractivity contribution is 5.62. The van der Waals surface area contributed by atoms with Crippen LogP contribution in [0.3, 0.4) is 0 Å². The second-order valence-corrected chi connectivity index (χ2v) is 4.39. The zero-order valence-electron chi connectivity index (χ0n) is 10.3. The summed E-state index contributed by atoms with van der Waals surface area (Å²) in [6, 6.07) is 4.58. The summed E-state index contributed by atoms with van der Waals surface area (Å²) in [7, 11) is 0. The number of nitrogens with one attached hydrogen (secondary N) is 1. The molecule has 1 unspecified atom stereocenters. The van der Waals surface area contributed by atoms with Crippen LogP contribution in [0.1, 0.15) is 13.3 Å². The van der Waals surface area contributed by atoms with Gasteiger partial charge in [-0.3, -0.25) is 10.1 Å². The van der Waals surface area contributed by atoms with Crippen molar-refractivity contribution in [3.8, 4) is 5.75 Å². The maximum atomic E-state index is 10.6. The topological polar surface area (TPSA) is 78.6 Å². The van der Waals surface area contributed by atoms with Crippen LogP contribution in [0.25, 0.3) is 0 Å². The molecule has 2 rings (SSSR count). The average molecular weight is 251 g/mol. The predicted molar refractivity (Wildman–Crippen MR) is 69.1 cm³/mol. The van der Waals surface area contributed by atoms with E-state index in [4.69, 9.17) is 0 Å². The van der Waals surface area contributed by atoms with E-state index in [9.17, 15) is 15.2 Å². The minimum absolute atomic E-state index is 0.0236. The molecule has 6 nitrogen and oxygen atoms in total. The predicted octanol–water partition coefficient (Wildman–Crippen LogP) is 1.49. The van der Waals surface area contributed by atoms with E-state index in [1.54, 1.807) is 6.07 Å². The summed E-state index contributed by atoms with van der Waals surface area (Å²) in [6.07, 6.45) is 0.962. The van der Waals surface area contributed by atoms with E-state index in [-0.39, 0.29) is 11.4 Å². The van der Waals surface area contributed by atoms with Crippen LogP contribution in [0.2, 0.25) is 0 Å². The molecule has 0 aromatic heterocycles. The normalized spacial score (nSPS) is 19.8. The fraction of sp³-hybridized carbons (Fsp3) is 0.500. The average Bonchev–Trinajstić information content (AvgIpc) is 2.38. The highest BCUT2D eigenvalue weighted by atomic mass is 16.6. The van der Waals surface area contributed by atoms with Crippen LogP contribution < -0.4 is 10.2 Å². The minimum atomic E-state index is -0.501. The third-order valence-corrected chi connectivity index (χ3v) is 3.30. The van der Waals surface area contributed by atoms with Crippen LogP contribution in [-0.4, -0.2) is 35.7 Å². The Labute approximate surface area is 105 Å². The largest absolute Gasteiger partial charge is 0.506 e. The molecule has 0 aliphatic carbocycles. The molecule has 0 bridgehead atoms. The van der Waals surface area contributed by atoms with Crippen molar-refractivity contribution in [1.82, 2.24) is 5.32 Å². The number of benzene rings is 1. The molecule has 0 spiro atoms. The van der Waals surface area contributed by atoms with Crippen LogP contribution in [0, 0.1) is 10.1 Å². The van der Waals surface area contributed by atoms with Crippen molar-refractivity contribution in [3.05, 3.63) is 28.3 Å². The Kier molecular flexibility index (Phi) is 3.66. The van der Waals surface area contributed by atoms with Gasteiger partial charge in [-0.05, 0) is 12.5 Å². The van der Waals surface area contributed by atoms with E-state index < -0.39 is 4.92 Å². The summed E-state index contributed by atoms with van der Waals surface area (Å²) in [5.74, 6) is -0.0236. The van der Waals surface area contributed by atoms with Crippen molar-refractivity contribution in [2.45, 2.75) is 19.4 Å². The molecule has 6 heteroatoms. The number of phenolic OH excluding ortho intramolecular Hbond substituents is 1. The lowest BCUT2D eigenvalue weighted by atomic mass is 10.1. The molecule has 1 atom stereocenters. The van der Waals surface area contributed by atoms with E-state index in [1.807, 2.05) is 0 Å². The van der Waals surface area contributed by atoms with Gasteiger partial charge in [0.15, 0.2) is 0 Å². The molecule has 18 heavy (non-hydrogen) atoms. The summed E-state index contributed by atoms with van der Waals surface area (Å²) < 4.78 is 0. The lowest BCUT2D eigenvalue weighted by molar-refractivity contribution is -0.384. The Morgan fingerprint density at radius 1 is 1.61 bits per heavy atom. The van der Waals surface area contributed by atoms with Gasteiger partial charge in [0, 0.05) is 31.7 Å². The van der Waals surface area contributed by atoms with Gasteiger partial charge in [-0.1, -0.05) is 6.92 Å². The van der Waals surface area contributed by atoms with Gasteiger partial charge in [0.25, 0.3) is 5.69 Å². The number of piperazine rings is 1. The first-order valence-electron chi connectivity index (χ1n) is 6.08. The van der Waals surface area contributed by atoms with Crippen molar-refractivity contribution in [3.63, 3.8) is 0 Å². The summed E-state index contributed by atoms with van der Waals surface area (Å²) in [5, 5.41) is 23.9. The lowest BCUT2D eigenvalue weighted by Gasteiger charge is -2.37. The first-order chi connectivity index (χ1) is 8.63. The highest BCUT2D eigenvalue weighted by Crippen LogP contribution is 2.33. The Hall–Kier alpha value is -1.82. The van der Waals surface area contributed by atoms with E-state index in [0.29, 0.717) is 11.7 Å². The molecule has 2 N–H and O–H groups in total. The number of nitro groups is 1. The molecule has 1 saturated heterocycles. The van der Waals surface area contributed by atoms with Gasteiger partial charge >= 0.3 is 0 Å². The third-order valence-electron chi connectivity index (χ3n) is 3.30. The van der Waals surface area contributed by atoms with Crippen molar-refractivity contribution >= 4 is 11.4 Å². The number of nitro benzene ring substituents is 1. The molecule has 1 aromatic rings. The van der Waals surface area contributed by atoms with Gasteiger partial charge in [-0.25, -0.2) is 0 Å². The summed E-state index contributed by atoms with van der Waals surface area (Å²) >= 11 is 0. The zero-order chi connectivity index (χ0) is 13.1. The van der Waals surface area contributed by atoms with Gasteiger partial charge in [-0.15, -0.1) is 0 Å². The molecule has 98 valence electrons. The molecular weight excluding hydrogens is 234 g/mol. The second-order valence-electron chi connectivity index (χ2n) is 4.39. The molecule has 0 saturated carbocycles. The van der Waals surface area contributed by atoms with Gasteiger partial charge in [0.1, 0.15) is 5.75 Å². The van der Waals surface area contributed by atoms with Crippen LogP contribution in [0.4, 0.5) is 11.4 Å². The van der Waals surface area contributed by atoms with Crippen molar-refractivity contribution < 1.29 is 10.0 Å². The Morgan fingerprint density at radius 2 is 2.39 bits per heavy atom. The smallest absolute Gasteiger partial charge is 0.273 e. The van der Waals surface area contributed by atoms with Gasteiger partial charge < -0.3 is 15.3 Å². The van der Waals surface area contributed by atoms with Crippen LogP contribution in [0.15, 0.2) is 18.2 Å². The molecule has 1 fully saturated rings. The standard InChI is InChI=1S/C12H17N3O3/c1-2-9-8-13-5-6-14(9)11-4-3-10(15(17)18)7-12(11)16/h3-4,7,9,13,16H,2,5-6,8H2,1H3. The summed E-state index contributed by atoms with van der Waals surface area (Å²) in [5.41, 5.74) is 0.591. The Balaban J connectivity index is 2.29. The monoisotopic (exact) mass is 251 g/mol. The molecule has 0 radical (unpaired) electrons. The number of rotatable bonds is 3. The maximum absolute atomic E-state index is 10.6. The lowest BCUT2D eigenvalue weighted by Crippen LogP contribution is -2.51. The SMILES string of the molecule is CCC1CNCCN1c1ccc([N+](=O)[O-])cc1O. The molecule has 1 aromatic carbocycles. The zero-order valence-corrected chi connectivity index (χ0v) is 10.3. The Morgan fingerprint density at radius 3 is 3.00 bits per heavy atom. The third kappa shape index (κ3) is 2.38. The van der Waals surface area contributed by atoms with E-state index in [0.717, 1.165) is 26.1 Å². The van der Waals surface area contributed by atoms with Crippen molar-refractivity contribution in [2.75, 3.05) is 24.5 Å². The summed E-state index contributed by atoms with van der Waals surface area (Å²) in [6.45, 7) is 4.61. The Bertz CT molecular complexity index is 450. The van der Waals surface area contributed by atoms with Crippen LogP contribution >= 0.6 is 0 Å². The number of hydrogen-bond donors (Lipinski definition) is 2. The van der Waals surface area contributed by atoms with Gasteiger partial charge in [-0.2, -0.15) is 0 Å². The number of anilines is 1. The van der Waals surface area contributed by atoms with Crippen molar-refractivity contribution in [1.29, 1.82) is 0 Å². The first kappa shape index (κ1) is 12.6. The molecule has 0 amide bonds. The van der Waals surface area contributed by atoms with E-state index in [1.165, 1.54) is 12.1 Å². The number of nitrogens with zero attached hydrogens (tertiary/aromatic N) is 2. The van der Waals surface area contributed by atoms with E-state index >= 15 is 0 Å². The maximum Gasteiger partial charge on any atom is 0.273 e. The molecule has 1 heterocycles. The highest BCUT2D eigenvalue weighted by Gasteiger charge is 2.23. The fourth-order valence-electron chi connectivity index (χ4n) is 2.31. The van der Waals surface area contributed by atoms with Crippen LogP contribution in [0.5, 0.6) is 5.75 Å².